The highest BCUT2D eigenvalue weighted by atomic mass is 35.5. The van der Waals surface area contributed by atoms with Crippen molar-refractivity contribution in [3.63, 3.8) is 0 Å². The van der Waals surface area contributed by atoms with Crippen LogP contribution < -0.4 is 10.5 Å². The number of ketones is 1. The summed E-state index contributed by atoms with van der Waals surface area (Å²) >= 11 is 13.6. The first-order valence-electron chi connectivity index (χ1n) is 8.95. The number of ether oxygens (including phenoxy) is 1. The Morgan fingerprint density at radius 2 is 2.21 bits per heavy atom. The van der Waals surface area contributed by atoms with Gasteiger partial charge in [-0.25, -0.2) is 4.98 Å². The molecule has 1 aromatic heterocycles. The monoisotopic (exact) mass is 435 g/mol. The molecule has 2 N–H and O–H groups in total. The predicted octanol–water partition coefficient (Wildman–Crippen LogP) is 4.49. The molecule has 0 unspecified atom stereocenters. The number of rotatable bonds is 3. The summed E-state index contributed by atoms with van der Waals surface area (Å²) in [6.45, 7) is 2.74. The molecule has 8 heteroatoms. The van der Waals surface area contributed by atoms with Crippen molar-refractivity contribution < 1.29 is 9.53 Å². The van der Waals surface area contributed by atoms with E-state index in [0.717, 1.165) is 29.1 Å². The van der Waals surface area contributed by atoms with Crippen LogP contribution in [0.5, 0.6) is 5.75 Å². The topological polar surface area (TPSA) is 77.6 Å². The van der Waals surface area contributed by atoms with Crippen LogP contribution in [0.25, 0.3) is 0 Å². The van der Waals surface area contributed by atoms with Gasteiger partial charge in [0.05, 0.1) is 22.2 Å². The van der Waals surface area contributed by atoms with E-state index in [1.165, 1.54) is 12.3 Å². The number of Topliss-reactive ketones (excluding diaryl/α,β-unsaturated/α-hetero) is 1. The van der Waals surface area contributed by atoms with Crippen molar-refractivity contribution in [2.75, 3.05) is 12.4 Å². The fourth-order valence-electron chi connectivity index (χ4n) is 3.75. The third-order valence-corrected chi connectivity index (χ3v) is 6.77. The van der Waals surface area contributed by atoms with Gasteiger partial charge in [-0.2, -0.15) is 0 Å². The van der Waals surface area contributed by atoms with Crippen molar-refractivity contribution in [1.82, 2.24) is 4.98 Å². The molecule has 2 aliphatic rings. The maximum absolute atomic E-state index is 12.7. The quantitative estimate of drug-likeness (QED) is 0.718. The Balaban J connectivity index is 1.69. The van der Waals surface area contributed by atoms with Gasteiger partial charge in [-0.15, -0.1) is 0 Å². The van der Waals surface area contributed by atoms with Crippen LogP contribution in [0.3, 0.4) is 0 Å². The molecule has 2 aliphatic heterocycles. The Morgan fingerprint density at radius 3 is 3.00 bits per heavy atom. The van der Waals surface area contributed by atoms with E-state index in [1.807, 2.05) is 18.2 Å². The van der Waals surface area contributed by atoms with E-state index in [2.05, 4.69) is 11.9 Å². The van der Waals surface area contributed by atoms with E-state index in [4.69, 9.17) is 38.7 Å². The summed E-state index contributed by atoms with van der Waals surface area (Å²) in [4.78, 5) is 21.6. The number of nitrogens with two attached hydrogens (primary N) is 1. The lowest BCUT2D eigenvalue weighted by molar-refractivity contribution is 0.0988. The third-order valence-electron chi connectivity index (χ3n) is 5.32. The van der Waals surface area contributed by atoms with Gasteiger partial charge in [0.1, 0.15) is 11.4 Å². The van der Waals surface area contributed by atoms with Crippen molar-refractivity contribution in [3.05, 3.63) is 57.3 Å². The zero-order chi connectivity index (χ0) is 19.9. The summed E-state index contributed by atoms with van der Waals surface area (Å²) in [7, 11) is 0. The van der Waals surface area contributed by atoms with Crippen LogP contribution in [0.1, 0.15) is 35.0 Å². The molecular formula is C20H19Cl2N3O2S. The molecule has 3 heterocycles. The molecule has 0 radical (unpaired) electrons. The number of hydrogen-bond acceptors (Lipinski definition) is 6. The summed E-state index contributed by atoms with van der Waals surface area (Å²) in [6, 6.07) is 7.34. The minimum atomic E-state index is -0.462. The Labute approximate surface area is 177 Å². The average molecular weight is 436 g/mol. The van der Waals surface area contributed by atoms with E-state index in [0.29, 0.717) is 22.7 Å². The Kier molecular flexibility index (Phi) is 5.29. The van der Waals surface area contributed by atoms with E-state index in [9.17, 15) is 4.79 Å². The number of thioether (sulfide) groups is 1. The zero-order valence-corrected chi connectivity index (χ0v) is 17.6. The number of fused-ring (bicyclic) bond motifs is 3. The summed E-state index contributed by atoms with van der Waals surface area (Å²) in [6.07, 6.45) is 2.51. The maximum Gasteiger partial charge on any atom is 0.187 e. The molecule has 0 fully saturated rings. The van der Waals surface area contributed by atoms with E-state index < -0.39 is 5.54 Å². The summed E-state index contributed by atoms with van der Waals surface area (Å²) in [5, 5.41) is 1.24. The van der Waals surface area contributed by atoms with Crippen molar-refractivity contribution in [3.8, 4) is 5.75 Å². The molecule has 1 aromatic carbocycles. The number of aliphatic imine (C=N–C) groups is 1. The number of pyridine rings is 1. The molecule has 2 atom stereocenters. The number of halogens is 2. The third kappa shape index (κ3) is 3.61. The molecular weight excluding hydrogens is 417 g/mol. The molecule has 0 saturated carbocycles. The predicted molar refractivity (Wildman–Crippen MR) is 114 cm³/mol. The van der Waals surface area contributed by atoms with Crippen LogP contribution in [0.2, 0.25) is 10.0 Å². The van der Waals surface area contributed by atoms with Gasteiger partial charge in [0, 0.05) is 29.9 Å². The van der Waals surface area contributed by atoms with Gasteiger partial charge in [0.15, 0.2) is 11.0 Å². The molecule has 146 valence electrons. The fraction of sp³-hybridized carbons (Fsp3) is 0.350. The number of aromatic nitrogens is 1. The number of nitrogens with zero attached hydrogens (tertiary/aromatic N) is 2. The van der Waals surface area contributed by atoms with Gasteiger partial charge < -0.3 is 10.5 Å². The van der Waals surface area contributed by atoms with E-state index in [-0.39, 0.29) is 22.9 Å². The van der Waals surface area contributed by atoms with Crippen LogP contribution in [-0.4, -0.2) is 28.3 Å². The molecule has 28 heavy (non-hydrogen) atoms. The first-order chi connectivity index (χ1) is 13.4. The zero-order valence-electron chi connectivity index (χ0n) is 15.2. The highest BCUT2D eigenvalue weighted by Crippen LogP contribution is 2.47. The SMILES string of the molecule is C[C@@]12N=C(N)SC[C@@H]1CCOc1ccc(CC(=O)c3ncc(Cl)cc3Cl)cc12. The first kappa shape index (κ1) is 19.6. The van der Waals surface area contributed by atoms with Crippen molar-refractivity contribution >= 4 is 45.9 Å². The molecule has 4 rings (SSSR count). The van der Waals surface area contributed by atoms with Crippen molar-refractivity contribution in [1.29, 1.82) is 0 Å². The molecule has 0 aliphatic carbocycles. The fourth-order valence-corrected chi connectivity index (χ4v) is 5.36. The molecule has 0 amide bonds. The van der Waals surface area contributed by atoms with Crippen LogP contribution in [0.15, 0.2) is 35.5 Å². The Morgan fingerprint density at radius 1 is 1.39 bits per heavy atom. The number of hydrogen-bond donors (Lipinski definition) is 1. The summed E-state index contributed by atoms with van der Waals surface area (Å²) in [5.74, 6) is 1.86. The van der Waals surface area contributed by atoms with Crippen molar-refractivity contribution in [2.24, 2.45) is 16.6 Å². The van der Waals surface area contributed by atoms with Gasteiger partial charge >= 0.3 is 0 Å². The minimum absolute atomic E-state index is 0.167. The average Bonchev–Trinajstić information content (AvgIpc) is 2.77. The van der Waals surface area contributed by atoms with E-state index in [1.54, 1.807) is 11.8 Å². The normalized spacial score (nSPS) is 23.7. The lowest BCUT2D eigenvalue weighted by Crippen LogP contribution is -2.37. The summed E-state index contributed by atoms with van der Waals surface area (Å²) < 4.78 is 5.97. The lowest BCUT2D eigenvalue weighted by Gasteiger charge is -2.36. The minimum Gasteiger partial charge on any atom is -0.493 e. The number of amidine groups is 1. The second-order valence-corrected chi connectivity index (χ2v) is 9.04. The maximum atomic E-state index is 12.7. The number of carbonyl (C=O) groups excluding carboxylic acids is 1. The first-order valence-corrected chi connectivity index (χ1v) is 10.7. The van der Waals surface area contributed by atoms with Crippen LogP contribution in [-0.2, 0) is 12.0 Å². The van der Waals surface area contributed by atoms with Crippen LogP contribution in [0, 0.1) is 5.92 Å². The molecule has 2 aromatic rings. The Hall–Kier alpha value is -1.76. The van der Waals surface area contributed by atoms with Gasteiger partial charge in [0.25, 0.3) is 0 Å². The number of carbonyl (C=O) groups is 1. The second-order valence-electron chi connectivity index (χ2n) is 7.16. The van der Waals surface area contributed by atoms with Crippen LogP contribution >= 0.6 is 35.0 Å². The van der Waals surface area contributed by atoms with Crippen LogP contribution in [0.4, 0.5) is 0 Å². The summed E-state index contributed by atoms with van der Waals surface area (Å²) in [5.41, 5.74) is 7.63. The molecule has 0 saturated heterocycles. The molecule has 5 nitrogen and oxygen atoms in total. The Bertz CT molecular complexity index is 982. The van der Waals surface area contributed by atoms with Gasteiger partial charge in [-0.05, 0) is 37.1 Å². The van der Waals surface area contributed by atoms with E-state index >= 15 is 0 Å². The van der Waals surface area contributed by atoms with Gasteiger partial charge in [0.2, 0.25) is 0 Å². The lowest BCUT2D eigenvalue weighted by atomic mass is 9.78. The number of benzene rings is 1. The standard InChI is InChI=1S/C20H19Cl2N3O2S/c1-20-12(10-28-19(23)25-20)4-5-27-17-3-2-11(6-14(17)20)7-16(26)18-15(22)8-13(21)9-24-18/h2-3,6,8-9,12H,4-5,7,10H2,1H3,(H2,23,25)/t12-,20+/m0/s1. The molecule has 0 bridgehead atoms. The smallest absolute Gasteiger partial charge is 0.187 e. The highest BCUT2D eigenvalue weighted by Gasteiger charge is 2.42. The van der Waals surface area contributed by atoms with Crippen molar-refractivity contribution in [2.45, 2.75) is 25.3 Å². The second kappa shape index (κ2) is 7.58. The highest BCUT2D eigenvalue weighted by molar-refractivity contribution is 8.13. The van der Waals surface area contributed by atoms with Gasteiger partial charge in [-0.1, -0.05) is 41.0 Å². The van der Waals surface area contributed by atoms with Gasteiger partial charge in [-0.3, -0.25) is 9.79 Å². The molecule has 0 spiro atoms. The largest absolute Gasteiger partial charge is 0.493 e.